The van der Waals surface area contributed by atoms with Gasteiger partial charge in [0.25, 0.3) is 0 Å². The van der Waals surface area contributed by atoms with Crippen LogP contribution < -0.4 is 0 Å². The van der Waals surface area contributed by atoms with Crippen molar-refractivity contribution in [2.24, 2.45) is 0 Å². The van der Waals surface area contributed by atoms with Crippen molar-refractivity contribution in [3.05, 3.63) is 41.3 Å². The second-order valence-electron chi connectivity index (χ2n) is 8.52. The summed E-state index contributed by atoms with van der Waals surface area (Å²) >= 11 is 0. The Balaban J connectivity index is 2.38. The highest BCUT2D eigenvalue weighted by Gasteiger charge is 2.43. The van der Waals surface area contributed by atoms with Crippen molar-refractivity contribution in [2.45, 2.75) is 62.4 Å². The van der Waals surface area contributed by atoms with Gasteiger partial charge in [0.2, 0.25) is 9.84 Å². The number of hydrogen-bond donors (Lipinski definition) is 0. The molecule has 25 heavy (non-hydrogen) atoms. The molecule has 6 heteroatoms. The number of rotatable bonds is 5. The lowest BCUT2D eigenvalue weighted by atomic mass is 10.2. The largest absolute Gasteiger partial charge is 0.410 e. The smallest absolute Gasteiger partial charge is 0.204 e. The molecule has 0 unspecified atom stereocenters. The van der Waals surface area contributed by atoms with Crippen LogP contribution in [-0.4, -0.2) is 47.9 Å². The molecule has 0 amide bonds. The first-order chi connectivity index (χ1) is 11.4. The molecule has 2 atom stereocenters. The monoisotopic (exact) mass is 381 g/mol. The molecule has 0 fully saturated rings. The lowest BCUT2D eigenvalue weighted by molar-refractivity contribution is 0.195. The van der Waals surface area contributed by atoms with Gasteiger partial charge in [0.05, 0.1) is 15.9 Å². The van der Waals surface area contributed by atoms with E-state index in [-0.39, 0.29) is 17.2 Å². The van der Waals surface area contributed by atoms with E-state index < -0.39 is 18.2 Å². The van der Waals surface area contributed by atoms with Gasteiger partial charge in [0.15, 0.2) is 8.32 Å². The highest BCUT2D eigenvalue weighted by atomic mass is 32.2. The maximum Gasteiger partial charge on any atom is 0.204 e. The molecule has 1 aromatic rings. The predicted molar refractivity (Wildman–Crippen MR) is 106 cm³/mol. The fourth-order valence-corrected chi connectivity index (χ4v) is 5.86. The van der Waals surface area contributed by atoms with E-state index in [1.165, 1.54) is 0 Å². The van der Waals surface area contributed by atoms with E-state index in [4.69, 9.17) is 4.43 Å². The lowest BCUT2D eigenvalue weighted by Gasteiger charge is -2.38. The average molecular weight is 382 g/mol. The third-order valence-corrected chi connectivity index (χ3v) is 11.8. The summed E-state index contributed by atoms with van der Waals surface area (Å²) in [7, 11) is -1.61. The van der Waals surface area contributed by atoms with Gasteiger partial charge in [-0.05, 0) is 56.9 Å². The topological polar surface area (TPSA) is 46.6 Å². The number of sulfone groups is 1. The standard InChI is InChI=1S/C19H31NO3SSi/c1-19(2,3)25(6,7)23-15-13-17(20(4)5)18(14-15)24(21,22)16-11-9-8-10-12-16/h8-12,14-15,17H,13H2,1-7H3/t15-,17+/m1/s1. The number of nitrogens with zero attached hydrogens (tertiary/aromatic N) is 1. The molecule has 0 N–H and O–H groups in total. The summed E-state index contributed by atoms with van der Waals surface area (Å²) in [4.78, 5) is 2.79. The molecule has 0 aromatic heterocycles. The van der Waals surface area contributed by atoms with Crippen molar-refractivity contribution in [1.29, 1.82) is 0 Å². The van der Waals surface area contributed by atoms with Crippen LogP contribution in [0.2, 0.25) is 18.1 Å². The Morgan fingerprint density at radius 1 is 1.12 bits per heavy atom. The van der Waals surface area contributed by atoms with Crippen molar-refractivity contribution in [3.63, 3.8) is 0 Å². The Labute approximate surface area is 153 Å². The molecular formula is C19H31NO3SSi. The summed E-state index contributed by atoms with van der Waals surface area (Å²) < 4.78 is 32.7. The van der Waals surface area contributed by atoms with Crippen LogP contribution in [-0.2, 0) is 14.3 Å². The summed E-state index contributed by atoms with van der Waals surface area (Å²) in [5, 5.41) is 0.0928. The zero-order chi connectivity index (χ0) is 19.0. The van der Waals surface area contributed by atoms with E-state index in [1.807, 2.05) is 31.1 Å². The molecule has 0 radical (unpaired) electrons. The Kier molecular flexibility index (Phi) is 5.69. The van der Waals surface area contributed by atoms with Gasteiger partial charge in [0.1, 0.15) is 0 Å². The molecule has 1 aliphatic rings. The van der Waals surface area contributed by atoms with E-state index in [2.05, 4.69) is 33.9 Å². The van der Waals surface area contributed by atoms with E-state index in [1.54, 1.807) is 24.3 Å². The first-order valence-electron chi connectivity index (χ1n) is 8.72. The van der Waals surface area contributed by atoms with Crippen LogP contribution in [0.4, 0.5) is 0 Å². The molecule has 1 aromatic carbocycles. The van der Waals surface area contributed by atoms with E-state index in [9.17, 15) is 8.42 Å². The van der Waals surface area contributed by atoms with Gasteiger partial charge in [-0.25, -0.2) is 8.42 Å². The van der Waals surface area contributed by atoms with Crippen molar-refractivity contribution in [1.82, 2.24) is 4.90 Å². The van der Waals surface area contributed by atoms with E-state index in [0.717, 1.165) is 0 Å². The molecule has 0 spiro atoms. The number of hydrogen-bond acceptors (Lipinski definition) is 4. The molecule has 4 nitrogen and oxygen atoms in total. The normalized spacial score (nSPS) is 22.3. The van der Waals surface area contributed by atoms with Crippen molar-refractivity contribution in [3.8, 4) is 0 Å². The second kappa shape index (κ2) is 6.99. The third kappa shape index (κ3) is 4.24. The zero-order valence-corrected chi connectivity index (χ0v) is 18.2. The fraction of sp³-hybridized carbons (Fsp3) is 0.579. The first-order valence-corrected chi connectivity index (χ1v) is 13.1. The minimum atomic E-state index is -3.50. The predicted octanol–water partition coefficient (Wildman–Crippen LogP) is 4.07. The summed E-state index contributed by atoms with van der Waals surface area (Å²) in [5.41, 5.74) is 0. The van der Waals surface area contributed by atoms with E-state index in [0.29, 0.717) is 16.2 Å². The maximum atomic E-state index is 13.1. The van der Waals surface area contributed by atoms with Crippen molar-refractivity contribution >= 4 is 18.2 Å². The van der Waals surface area contributed by atoms with Crippen LogP contribution in [0.1, 0.15) is 27.2 Å². The molecule has 1 aliphatic carbocycles. The summed E-state index contributed by atoms with van der Waals surface area (Å²) in [5.74, 6) is 0. The molecule has 0 saturated carbocycles. The zero-order valence-electron chi connectivity index (χ0n) is 16.4. The molecular weight excluding hydrogens is 350 g/mol. The quantitative estimate of drug-likeness (QED) is 0.721. The van der Waals surface area contributed by atoms with Crippen LogP contribution in [0, 0.1) is 0 Å². The van der Waals surface area contributed by atoms with Gasteiger partial charge >= 0.3 is 0 Å². The van der Waals surface area contributed by atoms with Crippen LogP contribution >= 0.6 is 0 Å². The first kappa shape index (κ1) is 20.4. The Bertz CT molecular complexity index is 734. The van der Waals surface area contributed by atoms with Gasteiger partial charge in [-0.3, -0.25) is 0 Å². The lowest BCUT2D eigenvalue weighted by Crippen LogP contribution is -2.43. The fourth-order valence-electron chi connectivity index (χ4n) is 2.81. The Hall–Kier alpha value is -0.953. The Morgan fingerprint density at radius 2 is 1.68 bits per heavy atom. The highest BCUT2D eigenvalue weighted by Crippen LogP contribution is 2.40. The molecule has 0 bridgehead atoms. The highest BCUT2D eigenvalue weighted by molar-refractivity contribution is 7.95. The summed E-state index contributed by atoms with van der Waals surface area (Å²) in [6.45, 7) is 11.0. The van der Waals surface area contributed by atoms with Gasteiger partial charge in [-0.1, -0.05) is 39.0 Å². The van der Waals surface area contributed by atoms with E-state index >= 15 is 0 Å². The molecule has 0 saturated heterocycles. The SMILES string of the molecule is CN(C)[C@H]1C[C@@H](O[Si](C)(C)C(C)(C)C)C=C1S(=O)(=O)c1ccccc1. The summed E-state index contributed by atoms with van der Waals surface area (Å²) in [6, 6.07) is 8.51. The van der Waals surface area contributed by atoms with Gasteiger partial charge in [0, 0.05) is 6.04 Å². The minimum Gasteiger partial charge on any atom is -0.410 e. The number of likely N-dealkylation sites (N-methyl/N-ethyl adjacent to an activating group) is 1. The molecule has 0 aliphatic heterocycles. The van der Waals surface area contributed by atoms with Gasteiger partial charge < -0.3 is 9.33 Å². The summed E-state index contributed by atoms with van der Waals surface area (Å²) in [6.07, 6.45) is 2.37. The Morgan fingerprint density at radius 3 is 2.16 bits per heavy atom. The van der Waals surface area contributed by atoms with Crippen LogP contribution in [0.25, 0.3) is 0 Å². The van der Waals surface area contributed by atoms with Crippen LogP contribution in [0.15, 0.2) is 46.2 Å². The van der Waals surface area contributed by atoms with Crippen LogP contribution in [0.3, 0.4) is 0 Å². The maximum absolute atomic E-state index is 13.1. The third-order valence-electron chi connectivity index (χ3n) is 5.37. The molecule has 140 valence electrons. The van der Waals surface area contributed by atoms with Gasteiger partial charge in [-0.15, -0.1) is 0 Å². The molecule has 2 rings (SSSR count). The van der Waals surface area contributed by atoms with Crippen molar-refractivity contribution in [2.75, 3.05) is 14.1 Å². The van der Waals surface area contributed by atoms with Crippen molar-refractivity contribution < 1.29 is 12.8 Å². The average Bonchev–Trinajstić information content (AvgIpc) is 2.91. The minimum absolute atomic E-state index is 0.0928. The molecule has 0 heterocycles. The second-order valence-corrected chi connectivity index (χ2v) is 15.2. The van der Waals surface area contributed by atoms with Crippen LogP contribution in [0.5, 0.6) is 0 Å². The van der Waals surface area contributed by atoms with Gasteiger partial charge in [-0.2, -0.15) is 0 Å². The number of benzene rings is 1.